The smallest absolute Gasteiger partial charge is 0.407 e. The first kappa shape index (κ1) is 14.3. The zero-order chi connectivity index (χ0) is 13.4. The van der Waals surface area contributed by atoms with Crippen molar-refractivity contribution >= 4 is 23.8 Å². The Labute approximate surface area is 108 Å². The van der Waals surface area contributed by atoms with Crippen LogP contribution in [0.1, 0.15) is 6.92 Å². The lowest BCUT2D eigenvalue weighted by atomic mass is 10.3. The van der Waals surface area contributed by atoms with Crippen molar-refractivity contribution in [2.24, 2.45) is 0 Å². The maximum Gasteiger partial charge on any atom is 0.407 e. The van der Waals surface area contributed by atoms with Gasteiger partial charge in [-0.25, -0.2) is 9.78 Å². The Balaban J connectivity index is 2.14. The molecule has 100 valence electrons. The zero-order valence-electron chi connectivity index (χ0n) is 10.1. The molecule has 0 aromatic carbocycles. The lowest BCUT2D eigenvalue weighted by molar-refractivity contribution is -0.122. The molecular formula is C9H15N5O3S. The first-order chi connectivity index (χ1) is 8.63. The van der Waals surface area contributed by atoms with E-state index in [1.807, 2.05) is 0 Å². The van der Waals surface area contributed by atoms with E-state index in [4.69, 9.17) is 0 Å². The van der Waals surface area contributed by atoms with E-state index in [0.29, 0.717) is 17.5 Å². The number of nitrogens with one attached hydrogen (secondary N) is 3. The summed E-state index contributed by atoms with van der Waals surface area (Å²) in [5.41, 5.74) is 0. The minimum absolute atomic E-state index is 0.265. The van der Waals surface area contributed by atoms with E-state index >= 15 is 0 Å². The van der Waals surface area contributed by atoms with Gasteiger partial charge in [0.05, 0.1) is 7.11 Å². The number of H-pyrrole nitrogens is 1. The molecule has 0 aliphatic carbocycles. The lowest BCUT2D eigenvalue weighted by Gasteiger charge is -2.12. The highest BCUT2D eigenvalue weighted by Gasteiger charge is 2.14. The number of hydrogen-bond donors (Lipinski definition) is 3. The average molecular weight is 273 g/mol. The van der Waals surface area contributed by atoms with Gasteiger partial charge in [-0.1, -0.05) is 11.8 Å². The predicted molar refractivity (Wildman–Crippen MR) is 65.1 cm³/mol. The summed E-state index contributed by atoms with van der Waals surface area (Å²) in [5.74, 6) is 0.393. The topological polar surface area (TPSA) is 109 Å². The normalized spacial score (nSPS) is 11.7. The molecule has 0 fully saturated rings. The van der Waals surface area contributed by atoms with E-state index in [1.54, 1.807) is 6.92 Å². The Kier molecular flexibility index (Phi) is 5.98. The number of amides is 2. The molecule has 0 spiro atoms. The lowest BCUT2D eigenvalue weighted by Crippen LogP contribution is -2.45. The highest BCUT2D eigenvalue weighted by atomic mass is 32.2. The molecule has 1 aromatic rings. The molecule has 0 aliphatic rings. The van der Waals surface area contributed by atoms with Crippen LogP contribution in [0.4, 0.5) is 4.79 Å². The SMILES string of the molecule is COC(=O)NC(C)C(=O)NCCSc1ncn[nH]1. The third-order valence-corrected chi connectivity index (χ3v) is 2.82. The molecule has 2 amide bonds. The van der Waals surface area contributed by atoms with Crippen LogP contribution in [0.2, 0.25) is 0 Å². The van der Waals surface area contributed by atoms with Crippen molar-refractivity contribution < 1.29 is 14.3 Å². The first-order valence-electron chi connectivity index (χ1n) is 5.24. The fourth-order valence-electron chi connectivity index (χ4n) is 1.04. The number of rotatable bonds is 6. The van der Waals surface area contributed by atoms with Crippen LogP contribution in [-0.2, 0) is 9.53 Å². The van der Waals surface area contributed by atoms with E-state index in [-0.39, 0.29) is 5.91 Å². The number of methoxy groups -OCH3 is 1. The van der Waals surface area contributed by atoms with Gasteiger partial charge in [-0.2, -0.15) is 5.10 Å². The Bertz CT molecular complexity index is 384. The standard InChI is InChI=1S/C9H15N5O3S/c1-6(13-9(16)17-2)7(15)10-3-4-18-8-11-5-12-14-8/h5-6H,3-4H2,1-2H3,(H,10,15)(H,13,16)(H,11,12,14). The van der Waals surface area contributed by atoms with Crippen LogP contribution in [0, 0.1) is 0 Å². The second-order valence-corrected chi connectivity index (χ2v) is 4.37. The summed E-state index contributed by atoms with van der Waals surface area (Å²) in [6.45, 7) is 2.05. The maximum atomic E-state index is 11.5. The van der Waals surface area contributed by atoms with Crippen LogP contribution in [0.25, 0.3) is 0 Å². The van der Waals surface area contributed by atoms with Crippen molar-refractivity contribution in [1.82, 2.24) is 25.8 Å². The number of ether oxygens (including phenoxy) is 1. The summed E-state index contributed by atoms with van der Waals surface area (Å²) in [6.07, 6.45) is 0.789. The first-order valence-corrected chi connectivity index (χ1v) is 6.22. The van der Waals surface area contributed by atoms with Gasteiger partial charge in [-0.3, -0.25) is 9.89 Å². The minimum atomic E-state index is -0.632. The minimum Gasteiger partial charge on any atom is -0.453 e. The Hall–Kier alpha value is -1.77. The molecule has 3 N–H and O–H groups in total. The predicted octanol–water partition coefficient (Wildman–Crippen LogP) is -0.243. The van der Waals surface area contributed by atoms with Crippen LogP contribution in [0.15, 0.2) is 11.5 Å². The summed E-state index contributed by atoms with van der Waals surface area (Å²) >= 11 is 1.44. The van der Waals surface area contributed by atoms with E-state index in [9.17, 15) is 9.59 Å². The van der Waals surface area contributed by atoms with Crippen molar-refractivity contribution in [3.63, 3.8) is 0 Å². The van der Waals surface area contributed by atoms with Crippen LogP contribution in [-0.4, -0.2) is 52.6 Å². The molecule has 0 saturated heterocycles. The van der Waals surface area contributed by atoms with Crippen LogP contribution < -0.4 is 10.6 Å². The average Bonchev–Trinajstić information content (AvgIpc) is 2.87. The molecule has 1 rings (SSSR count). The summed E-state index contributed by atoms with van der Waals surface area (Å²) in [7, 11) is 1.24. The zero-order valence-corrected chi connectivity index (χ0v) is 10.9. The maximum absolute atomic E-state index is 11.5. The highest BCUT2D eigenvalue weighted by molar-refractivity contribution is 7.99. The fourth-order valence-corrected chi connectivity index (χ4v) is 1.68. The van der Waals surface area contributed by atoms with Gasteiger partial charge in [0.2, 0.25) is 5.91 Å². The van der Waals surface area contributed by atoms with Gasteiger partial charge in [0.15, 0.2) is 5.16 Å². The third kappa shape index (κ3) is 5.04. The molecule has 0 bridgehead atoms. The number of thioether (sulfide) groups is 1. The van der Waals surface area contributed by atoms with Gasteiger partial charge >= 0.3 is 6.09 Å². The van der Waals surface area contributed by atoms with Crippen LogP contribution in [0.3, 0.4) is 0 Å². The molecular weight excluding hydrogens is 258 g/mol. The van der Waals surface area contributed by atoms with Gasteiger partial charge in [-0.05, 0) is 6.92 Å². The second-order valence-electron chi connectivity index (χ2n) is 3.29. The summed E-state index contributed by atoms with van der Waals surface area (Å²) in [5, 5.41) is 12.2. The molecule has 1 atom stereocenters. The molecule has 9 heteroatoms. The molecule has 0 aliphatic heterocycles. The van der Waals surface area contributed by atoms with Crippen molar-refractivity contribution in [2.75, 3.05) is 19.4 Å². The van der Waals surface area contributed by atoms with Gasteiger partial charge < -0.3 is 15.4 Å². The van der Waals surface area contributed by atoms with Crippen molar-refractivity contribution in [2.45, 2.75) is 18.1 Å². The number of alkyl carbamates (subject to hydrolysis) is 1. The fraction of sp³-hybridized carbons (Fsp3) is 0.556. The van der Waals surface area contributed by atoms with E-state index < -0.39 is 12.1 Å². The molecule has 1 heterocycles. The molecule has 0 radical (unpaired) electrons. The Morgan fingerprint density at radius 1 is 1.61 bits per heavy atom. The number of carbonyl (C=O) groups excluding carboxylic acids is 2. The number of carbonyl (C=O) groups is 2. The molecule has 1 unspecified atom stereocenters. The van der Waals surface area contributed by atoms with Gasteiger partial charge in [-0.15, -0.1) is 0 Å². The number of aromatic nitrogens is 3. The quantitative estimate of drug-likeness (QED) is 0.487. The van der Waals surface area contributed by atoms with Crippen molar-refractivity contribution in [3.8, 4) is 0 Å². The highest BCUT2D eigenvalue weighted by Crippen LogP contribution is 2.08. The molecule has 18 heavy (non-hydrogen) atoms. The van der Waals surface area contributed by atoms with Crippen molar-refractivity contribution in [1.29, 1.82) is 0 Å². The summed E-state index contributed by atoms with van der Waals surface area (Å²) in [6, 6.07) is -0.632. The van der Waals surface area contributed by atoms with E-state index in [0.717, 1.165) is 0 Å². The molecule has 8 nitrogen and oxygen atoms in total. The summed E-state index contributed by atoms with van der Waals surface area (Å²) < 4.78 is 4.39. The monoisotopic (exact) mass is 273 g/mol. The van der Waals surface area contributed by atoms with Gasteiger partial charge in [0, 0.05) is 12.3 Å². The Morgan fingerprint density at radius 2 is 2.39 bits per heavy atom. The van der Waals surface area contributed by atoms with Crippen LogP contribution in [0.5, 0.6) is 0 Å². The molecule has 1 aromatic heterocycles. The Morgan fingerprint density at radius 3 is 3.00 bits per heavy atom. The van der Waals surface area contributed by atoms with Gasteiger partial charge in [0.25, 0.3) is 0 Å². The second kappa shape index (κ2) is 7.54. The summed E-state index contributed by atoms with van der Waals surface area (Å²) in [4.78, 5) is 26.3. The number of aromatic amines is 1. The van der Waals surface area contributed by atoms with Crippen LogP contribution >= 0.6 is 11.8 Å². The molecule has 0 saturated carbocycles. The number of nitrogens with zero attached hydrogens (tertiary/aromatic N) is 2. The largest absolute Gasteiger partial charge is 0.453 e. The number of hydrogen-bond acceptors (Lipinski definition) is 6. The van der Waals surface area contributed by atoms with Crippen molar-refractivity contribution in [3.05, 3.63) is 6.33 Å². The van der Waals surface area contributed by atoms with E-state index in [2.05, 4.69) is 30.6 Å². The van der Waals surface area contributed by atoms with Gasteiger partial charge in [0.1, 0.15) is 12.4 Å². The van der Waals surface area contributed by atoms with E-state index in [1.165, 1.54) is 25.2 Å². The third-order valence-electron chi connectivity index (χ3n) is 1.95.